The van der Waals surface area contributed by atoms with Crippen LogP contribution in [0.3, 0.4) is 0 Å². The molecule has 2 atom stereocenters. The van der Waals surface area contributed by atoms with Crippen LogP contribution >= 0.6 is 11.6 Å². The lowest BCUT2D eigenvalue weighted by molar-refractivity contribution is -0.173. The molecular weight excluding hydrogens is 369 g/mol. The number of alkyl halides is 3. The van der Waals surface area contributed by atoms with Crippen LogP contribution in [0, 0.1) is 0 Å². The summed E-state index contributed by atoms with van der Waals surface area (Å²) in [5.74, 6) is -0.347. The fourth-order valence-electron chi connectivity index (χ4n) is 2.93. The molecule has 1 aromatic carbocycles. The third-order valence-corrected chi connectivity index (χ3v) is 4.37. The van der Waals surface area contributed by atoms with E-state index in [1.807, 2.05) is 0 Å². The van der Waals surface area contributed by atoms with Crippen molar-refractivity contribution in [2.24, 2.45) is 0 Å². The average molecular weight is 387 g/mol. The van der Waals surface area contributed by atoms with Gasteiger partial charge in [0.15, 0.2) is 11.7 Å². The molecular formula is C17H18ClF3N4O. The van der Waals surface area contributed by atoms with E-state index >= 15 is 0 Å². The maximum atomic E-state index is 13.6. The zero-order valence-corrected chi connectivity index (χ0v) is 14.9. The first kappa shape index (κ1) is 18.6. The van der Waals surface area contributed by atoms with Crippen LogP contribution in [-0.2, 0) is 0 Å². The summed E-state index contributed by atoms with van der Waals surface area (Å²) in [5.41, 5.74) is 0.636. The van der Waals surface area contributed by atoms with Gasteiger partial charge in [0.1, 0.15) is 5.82 Å². The van der Waals surface area contributed by atoms with Gasteiger partial charge in [-0.25, -0.2) is 4.68 Å². The molecule has 9 heteroatoms. The fraction of sp³-hybridized carbons (Fsp3) is 0.412. The number of aromatic nitrogens is 2. The Hall–Kier alpha value is -2.22. The zero-order chi connectivity index (χ0) is 19.1. The number of hydrogen-bond donors (Lipinski definition) is 2. The highest BCUT2D eigenvalue weighted by Gasteiger charge is 2.46. The van der Waals surface area contributed by atoms with E-state index in [-0.39, 0.29) is 24.0 Å². The van der Waals surface area contributed by atoms with Gasteiger partial charge in [0.05, 0.1) is 6.04 Å². The van der Waals surface area contributed by atoms with Gasteiger partial charge in [-0.1, -0.05) is 23.7 Å². The highest BCUT2D eigenvalue weighted by atomic mass is 35.5. The van der Waals surface area contributed by atoms with Crippen molar-refractivity contribution in [3.63, 3.8) is 0 Å². The summed E-state index contributed by atoms with van der Waals surface area (Å²) in [4.78, 5) is 12.1. The average Bonchev–Trinajstić information content (AvgIpc) is 2.97. The second kappa shape index (κ2) is 6.83. The Labute approximate surface area is 153 Å². The number of amides is 1. The van der Waals surface area contributed by atoms with E-state index in [0.29, 0.717) is 10.6 Å². The van der Waals surface area contributed by atoms with Crippen molar-refractivity contribution in [2.75, 3.05) is 5.32 Å². The number of nitrogens with zero attached hydrogens (tertiary/aromatic N) is 2. The smallest absolute Gasteiger partial charge is 0.363 e. The number of rotatable bonds is 3. The minimum Gasteiger partial charge on any atom is -0.363 e. The molecule has 5 nitrogen and oxygen atoms in total. The van der Waals surface area contributed by atoms with Crippen molar-refractivity contribution in [1.29, 1.82) is 0 Å². The van der Waals surface area contributed by atoms with Crippen molar-refractivity contribution < 1.29 is 18.0 Å². The Bertz CT molecular complexity index is 801. The van der Waals surface area contributed by atoms with Crippen LogP contribution in [0.15, 0.2) is 30.3 Å². The molecule has 2 unspecified atom stereocenters. The molecule has 2 heterocycles. The molecule has 0 saturated carbocycles. The molecule has 0 spiro atoms. The first-order chi connectivity index (χ1) is 12.1. The molecule has 0 radical (unpaired) electrons. The summed E-state index contributed by atoms with van der Waals surface area (Å²) in [6.45, 7) is 3.53. The van der Waals surface area contributed by atoms with E-state index in [2.05, 4.69) is 15.7 Å². The summed E-state index contributed by atoms with van der Waals surface area (Å²) in [7, 11) is 0. The lowest BCUT2D eigenvalue weighted by Gasteiger charge is -2.33. The van der Waals surface area contributed by atoms with Crippen LogP contribution in [0.4, 0.5) is 19.0 Å². The number of fused-ring (bicyclic) bond motifs is 1. The van der Waals surface area contributed by atoms with Gasteiger partial charge in [0.25, 0.3) is 5.91 Å². The normalized spacial score (nSPS) is 19.8. The quantitative estimate of drug-likeness (QED) is 0.825. The number of carbonyl (C=O) groups is 1. The van der Waals surface area contributed by atoms with E-state index in [0.717, 1.165) is 4.68 Å². The number of benzene rings is 1. The number of anilines is 1. The molecule has 1 aromatic heterocycles. The minimum absolute atomic E-state index is 0.0489. The number of carbonyl (C=O) groups excluding carboxylic acids is 1. The summed E-state index contributed by atoms with van der Waals surface area (Å²) in [5, 5.41) is 10.1. The van der Waals surface area contributed by atoms with Gasteiger partial charge in [-0.3, -0.25) is 4.79 Å². The monoisotopic (exact) mass is 386 g/mol. The SMILES string of the molecule is CC(C)NC(=O)c1cc2n(n1)C(C(F)(F)F)CC(c1ccc(Cl)cc1)N2. The highest BCUT2D eigenvalue weighted by Crippen LogP contribution is 2.43. The number of halogens is 4. The van der Waals surface area contributed by atoms with Gasteiger partial charge in [-0.05, 0) is 31.5 Å². The Balaban J connectivity index is 1.96. The van der Waals surface area contributed by atoms with Gasteiger partial charge >= 0.3 is 6.18 Å². The third-order valence-electron chi connectivity index (χ3n) is 4.11. The van der Waals surface area contributed by atoms with Gasteiger partial charge in [-0.15, -0.1) is 0 Å². The lowest BCUT2D eigenvalue weighted by atomic mass is 9.97. The molecule has 0 aliphatic carbocycles. The van der Waals surface area contributed by atoms with Crippen LogP contribution in [-0.4, -0.2) is 27.9 Å². The van der Waals surface area contributed by atoms with E-state index in [9.17, 15) is 18.0 Å². The Morgan fingerprint density at radius 1 is 1.35 bits per heavy atom. The van der Waals surface area contributed by atoms with Gasteiger partial charge < -0.3 is 10.6 Å². The number of nitrogens with one attached hydrogen (secondary N) is 2. The predicted octanol–water partition coefficient (Wildman–Crippen LogP) is 4.34. The molecule has 1 aliphatic heterocycles. The first-order valence-electron chi connectivity index (χ1n) is 8.14. The van der Waals surface area contributed by atoms with Gasteiger partial charge in [0, 0.05) is 23.6 Å². The standard InChI is InChI=1S/C17H18ClF3N4O/c1-9(2)22-16(26)13-8-15-23-12(10-3-5-11(18)6-4-10)7-14(17(19,20)21)25(15)24-13/h3-6,8-9,12,14,23H,7H2,1-2H3,(H,22,26). The van der Waals surface area contributed by atoms with E-state index in [1.165, 1.54) is 6.07 Å². The molecule has 2 aromatic rings. The summed E-state index contributed by atoms with van der Waals surface area (Å²) in [6, 6.07) is 5.46. The van der Waals surface area contributed by atoms with Crippen LogP contribution in [0.1, 0.15) is 48.4 Å². The maximum absolute atomic E-state index is 13.6. The summed E-state index contributed by atoms with van der Waals surface area (Å²) < 4.78 is 41.6. The van der Waals surface area contributed by atoms with Crippen LogP contribution in [0.5, 0.6) is 0 Å². The molecule has 1 amide bonds. The topological polar surface area (TPSA) is 59.0 Å². The van der Waals surface area contributed by atoms with Crippen molar-refractivity contribution in [1.82, 2.24) is 15.1 Å². The summed E-state index contributed by atoms with van der Waals surface area (Å²) in [6.07, 6.45) is -4.72. The Kier molecular flexibility index (Phi) is 4.88. The molecule has 1 aliphatic rings. The van der Waals surface area contributed by atoms with Crippen molar-refractivity contribution in [3.8, 4) is 0 Å². The molecule has 0 bridgehead atoms. The van der Waals surface area contributed by atoms with Gasteiger partial charge in [-0.2, -0.15) is 18.3 Å². The zero-order valence-electron chi connectivity index (χ0n) is 14.1. The molecule has 3 rings (SSSR count). The van der Waals surface area contributed by atoms with Crippen molar-refractivity contribution in [3.05, 3.63) is 46.6 Å². The minimum atomic E-state index is -4.49. The van der Waals surface area contributed by atoms with E-state index < -0.39 is 24.2 Å². The maximum Gasteiger partial charge on any atom is 0.410 e. The second-order valence-electron chi connectivity index (χ2n) is 6.53. The highest BCUT2D eigenvalue weighted by molar-refractivity contribution is 6.30. The number of hydrogen-bond acceptors (Lipinski definition) is 3. The molecule has 2 N–H and O–H groups in total. The van der Waals surface area contributed by atoms with Crippen LogP contribution < -0.4 is 10.6 Å². The third kappa shape index (κ3) is 3.80. The molecule has 0 fully saturated rings. The van der Waals surface area contributed by atoms with Crippen LogP contribution in [0.2, 0.25) is 5.02 Å². The van der Waals surface area contributed by atoms with E-state index in [1.54, 1.807) is 38.1 Å². The molecule has 0 saturated heterocycles. The fourth-order valence-corrected chi connectivity index (χ4v) is 3.06. The summed E-state index contributed by atoms with van der Waals surface area (Å²) >= 11 is 5.85. The van der Waals surface area contributed by atoms with Crippen molar-refractivity contribution in [2.45, 2.75) is 44.6 Å². The van der Waals surface area contributed by atoms with E-state index in [4.69, 9.17) is 11.6 Å². The largest absolute Gasteiger partial charge is 0.410 e. The van der Waals surface area contributed by atoms with Gasteiger partial charge in [0.2, 0.25) is 0 Å². The molecule has 140 valence electrons. The first-order valence-corrected chi connectivity index (χ1v) is 8.52. The second-order valence-corrected chi connectivity index (χ2v) is 6.97. The molecule has 26 heavy (non-hydrogen) atoms. The Morgan fingerprint density at radius 2 is 2.00 bits per heavy atom. The Morgan fingerprint density at radius 3 is 2.58 bits per heavy atom. The van der Waals surface area contributed by atoms with Crippen LogP contribution in [0.25, 0.3) is 0 Å². The predicted molar refractivity (Wildman–Crippen MR) is 92.4 cm³/mol. The lowest BCUT2D eigenvalue weighted by Crippen LogP contribution is -2.36. The van der Waals surface area contributed by atoms with Crippen molar-refractivity contribution >= 4 is 23.3 Å².